The highest BCUT2D eigenvalue weighted by Crippen LogP contribution is 2.31. The predicted molar refractivity (Wildman–Crippen MR) is 96.0 cm³/mol. The molecule has 0 atom stereocenters. The summed E-state index contributed by atoms with van der Waals surface area (Å²) in [5, 5.41) is 22.7. The van der Waals surface area contributed by atoms with E-state index in [9.17, 15) is 9.59 Å². The van der Waals surface area contributed by atoms with E-state index in [2.05, 4.69) is 21.7 Å². The molecule has 0 unspecified atom stereocenters. The number of fused-ring (bicyclic) bond motifs is 1. The van der Waals surface area contributed by atoms with Crippen LogP contribution in [0.15, 0.2) is 42.4 Å². The third kappa shape index (κ3) is 2.86. The summed E-state index contributed by atoms with van der Waals surface area (Å²) in [6.45, 7) is 0.416. The average Bonchev–Trinajstić information content (AvgIpc) is 3.14. The Kier molecular flexibility index (Phi) is 4.62. The lowest BCUT2D eigenvalue weighted by Crippen LogP contribution is -2.24. The normalized spacial score (nSPS) is 14.2. The molecule has 2 aromatic heterocycles. The highest BCUT2D eigenvalue weighted by molar-refractivity contribution is 6.46. The molecule has 0 saturated carbocycles. The summed E-state index contributed by atoms with van der Waals surface area (Å²) < 4.78 is 1.78. The summed E-state index contributed by atoms with van der Waals surface area (Å²) in [5.74, 6) is -1.15. The lowest BCUT2D eigenvalue weighted by molar-refractivity contribution is -0.123. The van der Waals surface area contributed by atoms with Crippen LogP contribution in [0.25, 0.3) is 16.6 Å². The molecule has 3 heterocycles. The van der Waals surface area contributed by atoms with Gasteiger partial charge in [0.15, 0.2) is 0 Å². The molecule has 1 aliphatic heterocycles. The van der Waals surface area contributed by atoms with Crippen molar-refractivity contribution in [2.75, 3.05) is 7.05 Å². The van der Waals surface area contributed by atoms with Gasteiger partial charge in [0.05, 0.1) is 29.3 Å². The molecule has 0 aliphatic carbocycles. The quantitative estimate of drug-likeness (QED) is 0.533. The summed E-state index contributed by atoms with van der Waals surface area (Å²) in [6, 6.07) is 5.62. The first-order valence-electron chi connectivity index (χ1n) is 7.92. The fourth-order valence-electron chi connectivity index (χ4n) is 2.88. The van der Waals surface area contributed by atoms with Gasteiger partial charge in [0, 0.05) is 36.9 Å². The van der Waals surface area contributed by atoms with Gasteiger partial charge in [-0.25, -0.2) is 4.98 Å². The van der Waals surface area contributed by atoms with E-state index in [4.69, 9.17) is 10.7 Å². The van der Waals surface area contributed by atoms with Crippen molar-refractivity contribution in [2.45, 2.75) is 13.0 Å². The molecular weight excluding hydrogens is 332 g/mol. The third-order valence-corrected chi connectivity index (χ3v) is 3.98. The van der Waals surface area contributed by atoms with Crippen molar-refractivity contribution in [2.24, 2.45) is 0 Å². The number of nitrogens with zero attached hydrogens (tertiary/aromatic N) is 3. The molecule has 2 amide bonds. The van der Waals surface area contributed by atoms with Gasteiger partial charge in [0.2, 0.25) is 0 Å². The van der Waals surface area contributed by atoms with Crippen molar-refractivity contribution < 1.29 is 9.59 Å². The molecule has 0 aromatic carbocycles. The second kappa shape index (κ2) is 7.03. The van der Waals surface area contributed by atoms with Gasteiger partial charge in [-0.05, 0) is 24.4 Å². The van der Waals surface area contributed by atoms with Crippen LogP contribution in [0.5, 0.6) is 0 Å². The van der Waals surface area contributed by atoms with Gasteiger partial charge in [-0.2, -0.15) is 5.26 Å². The van der Waals surface area contributed by atoms with Gasteiger partial charge in [0.25, 0.3) is 11.8 Å². The van der Waals surface area contributed by atoms with Crippen molar-refractivity contribution >= 4 is 34.1 Å². The predicted octanol–water partition coefficient (Wildman–Crippen LogP) is 1.11. The SMILES string of the molecule is CN/C=C\C(=N)C1=C(c2cn(CCC#N)c3ncccc23)C(=O)NC1=O. The summed E-state index contributed by atoms with van der Waals surface area (Å²) in [7, 11) is 1.67. The number of carbonyl (C=O) groups excluding carboxylic acids is 2. The minimum Gasteiger partial charge on any atom is -0.394 e. The number of hydrogen-bond acceptors (Lipinski definition) is 6. The van der Waals surface area contributed by atoms with Crippen LogP contribution in [0.3, 0.4) is 0 Å². The monoisotopic (exact) mass is 348 g/mol. The Morgan fingerprint density at radius 1 is 1.46 bits per heavy atom. The fourth-order valence-corrected chi connectivity index (χ4v) is 2.88. The summed E-state index contributed by atoms with van der Waals surface area (Å²) >= 11 is 0. The van der Waals surface area contributed by atoms with Crippen LogP contribution < -0.4 is 10.6 Å². The van der Waals surface area contributed by atoms with E-state index in [1.165, 1.54) is 12.3 Å². The molecule has 8 nitrogen and oxygen atoms in total. The molecule has 8 heteroatoms. The van der Waals surface area contributed by atoms with E-state index in [1.54, 1.807) is 36.1 Å². The van der Waals surface area contributed by atoms with Crippen molar-refractivity contribution in [1.29, 1.82) is 10.7 Å². The van der Waals surface area contributed by atoms with E-state index in [-0.39, 0.29) is 23.3 Å². The number of aromatic nitrogens is 2. The molecule has 3 rings (SSSR count). The van der Waals surface area contributed by atoms with Crippen LogP contribution in [0.1, 0.15) is 12.0 Å². The zero-order valence-corrected chi connectivity index (χ0v) is 14.0. The van der Waals surface area contributed by atoms with Crippen LogP contribution in [0.2, 0.25) is 0 Å². The minimum atomic E-state index is -0.599. The van der Waals surface area contributed by atoms with E-state index < -0.39 is 11.8 Å². The Labute approximate surface area is 149 Å². The molecule has 1 aliphatic rings. The first-order chi connectivity index (χ1) is 12.6. The number of nitrogens with one attached hydrogen (secondary N) is 3. The lowest BCUT2D eigenvalue weighted by Gasteiger charge is -2.02. The Balaban J connectivity index is 2.22. The molecule has 0 spiro atoms. The highest BCUT2D eigenvalue weighted by atomic mass is 16.2. The third-order valence-electron chi connectivity index (χ3n) is 3.98. The van der Waals surface area contributed by atoms with Gasteiger partial charge in [-0.3, -0.25) is 20.3 Å². The number of allylic oxidation sites excluding steroid dienone is 1. The first kappa shape index (κ1) is 17.1. The Bertz CT molecular complexity index is 1020. The van der Waals surface area contributed by atoms with Crippen LogP contribution in [0.4, 0.5) is 0 Å². The molecule has 3 N–H and O–H groups in total. The van der Waals surface area contributed by atoms with Gasteiger partial charge in [-0.15, -0.1) is 0 Å². The smallest absolute Gasteiger partial charge is 0.261 e. The van der Waals surface area contributed by atoms with Crippen molar-refractivity contribution in [1.82, 2.24) is 20.2 Å². The van der Waals surface area contributed by atoms with Crippen LogP contribution in [0, 0.1) is 16.7 Å². The number of amides is 2. The second-order valence-corrected chi connectivity index (χ2v) is 5.59. The molecule has 0 fully saturated rings. The number of aryl methyl sites for hydroxylation is 1. The van der Waals surface area contributed by atoms with Crippen LogP contribution >= 0.6 is 0 Å². The van der Waals surface area contributed by atoms with E-state index >= 15 is 0 Å². The van der Waals surface area contributed by atoms with Crippen molar-refractivity contribution in [3.05, 3.63) is 47.9 Å². The summed E-state index contributed by atoms with van der Waals surface area (Å²) in [6.07, 6.45) is 6.55. The highest BCUT2D eigenvalue weighted by Gasteiger charge is 2.34. The van der Waals surface area contributed by atoms with Gasteiger partial charge in [0.1, 0.15) is 5.65 Å². The maximum Gasteiger partial charge on any atom is 0.261 e. The molecular formula is C18H16N6O2. The fraction of sp³-hybridized carbons (Fsp3) is 0.167. The molecule has 0 saturated heterocycles. The van der Waals surface area contributed by atoms with E-state index in [0.717, 1.165) is 0 Å². The average molecular weight is 348 g/mol. The number of imide groups is 1. The molecule has 2 aromatic rings. The zero-order valence-electron chi connectivity index (χ0n) is 14.0. The number of hydrogen-bond donors (Lipinski definition) is 3. The topological polar surface area (TPSA) is 124 Å². The van der Waals surface area contributed by atoms with Gasteiger partial charge < -0.3 is 9.88 Å². The van der Waals surface area contributed by atoms with Crippen molar-refractivity contribution in [3.63, 3.8) is 0 Å². The standard InChI is InChI=1S/C18H16N6O2/c1-21-8-5-13(20)15-14(17(25)23-18(15)26)12-10-24(9-3-6-19)16-11(12)4-2-7-22-16/h2,4-5,7-8,10,20-21H,3,9H2,1H3,(H,23,25,26)/b8-5-,20-13?. The molecule has 0 radical (unpaired) electrons. The maximum absolute atomic E-state index is 12.4. The number of pyridine rings is 1. The maximum atomic E-state index is 12.4. The first-order valence-corrected chi connectivity index (χ1v) is 7.92. The number of rotatable bonds is 6. The van der Waals surface area contributed by atoms with Gasteiger partial charge in [-0.1, -0.05) is 0 Å². The largest absolute Gasteiger partial charge is 0.394 e. The lowest BCUT2D eigenvalue weighted by atomic mass is 9.98. The second-order valence-electron chi connectivity index (χ2n) is 5.59. The molecule has 26 heavy (non-hydrogen) atoms. The Morgan fingerprint density at radius 2 is 2.27 bits per heavy atom. The minimum absolute atomic E-state index is 0.0182. The Hall–Kier alpha value is -3.73. The summed E-state index contributed by atoms with van der Waals surface area (Å²) in [4.78, 5) is 29.0. The van der Waals surface area contributed by atoms with Crippen molar-refractivity contribution in [3.8, 4) is 6.07 Å². The molecule has 0 bridgehead atoms. The van der Waals surface area contributed by atoms with E-state index in [0.29, 0.717) is 23.1 Å². The summed E-state index contributed by atoms with van der Waals surface area (Å²) in [5.41, 5.74) is 1.24. The molecule has 130 valence electrons. The Morgan fingerprint density at radius 3 is 3.00 bits per heavy atom. The number of carbonyl (C=O) groups is 2. The van der Waals surface area contributed by atoms with Crippen LogP contribution in [-0.2, 0) is 16.1 Å². The number of nitriles is 1. The van der Waals surface area contributed by atoms with E-state index in [1.807, 2.05) is 0 Å². The van der Waals surface area contributed by atoms with Gasteiger partial charge >= 0.3 is 0 Å². The van der Waals surface area contributed by atoms with Crippen LogP contribution in [-0.4, -0.2) is 34.1 Å². The zero-order chi connectivity index (χ0) is 18.7.